The van der Waals surface area contributed by atoms with E-state index in [9.17, 15) is 39.1 Å². The summed E-state index contributed by atoms with van der Waals surface area (Å²) in [4.78, 5) is 82.6. The number of rotatable bonds is 18. The second-order valence-electron chi connectivity index (χ2n) is 34.1. The number of amides is 4. The average Bonchev–Trinajstić information content (AvgIpc) is 1.52. The number of ether oxygens (including phenoxy) is 2. The second-order valence-corrected chi connectivity index (χ2v) is 35.7. The van der Waals surface area contributed by atoms with Gasteiger partial charge in [0.2, 0.25) is 35.4 Å². The Balaban J connectivity index is 0.000000160. The Morgan fingerprint density at radius 2 is 0.968 bits per heavy atom. The van der Waals surface area contributed by atoms with Crippen LogP contribution in [0.2, 0.25) is 0 Å². The van der Waals surface area contributed by atoms with Crippen molar-refractivity contribution in [3.8, 4) is 91.1 Å². The molecule has 30 heteroatoms. The number of phenolic OH excluding ortho intramolecular Hbond substituents is 1. The van der Waals surface area contributed by atoms with Crippen LogP contribution < -0.4 is 45.9 Å². The van der Waals surface area contributed by atoms with Crippen LogP contribution in [0.25, 0.3) is 89.9 Å². The smallest absolute Gasteiger partial charge is 0.506 e. The second kappa shape index (κ2) is 29.8. The van der Waals surface area contributed by atoms with Crippen LogP contribution in [-0.4, -0.2) is 105 Å². The van der Waals surface area contributed by atoms with Crippen molar-refractivity contribution in [3.63, 3.8) is 0 Å². The van der Waals surface area contributed by atoms with E-state index in [1.165, 1.54) is 0 Å². The zero-order chi connectivity index (χ0) is 86.8. The summed E-state index contributed by atoms with van der Waals surface area (Å²) in [5.41, 5.74) is 8.64. The molecule has 8 atom stereocenters. The van der Waals surface area contributed by atoms with Gasteiger partial charge in [0, 0.05) is 91.9 Å². The molecular formula is C96H89N12O17P. The van der Waals surface area contributed by atoms with Crippen LogP contribution >= 0.6 is 7.82 Å². The fourth-order valence-electron chi connectivity index (χ4n) is 19.3. The standard InChI is InChI=1S/C55H51N6O10P.C41H38N6O7/c1-5-54(64,6-2)52(63)58-39-25-33-20-22-40-38(24-33)55-37-19-13-18-35(45(37)61-53(55)69-40)34-21-23-41(71-72(65,66-28-31-14-9-7-10-15-31)67-29-32-16-11-8-12-17-32)46-43(34)36(26-56-46)42-27-57-50(68-42)47-48(55)70-51(60-47)44(30(3)4)59-49(39)62;1-5-40(51,6-2)38(50)44-25-15-19-10-13-27-24(14-19)41-23-9-7-8-21(31(23)47-39(41)53-27)20-11-12-26(48)32-29(20)22(16-42-32)28-17-43-36(52-28)33-34(41)54-37(46-33)30(18(3)4)45-35(25)49/h7-24,26-27,30,39,44,53,56,61,64H,5-6,25,28-29H2,1-4H3,(H,58,63)(H,59,62);7-14,16-18,25,30,39,42,47-48,51H,5-6,15H2,1-4H3,(H,44,50)(H,45,49)/t39-,44-,53?,55?;25-,30-,39?,41?/m00/s1. The number of phenols is 1. The number of aromatic nitrogens is 6. The molecule has 4 unspecified atom stereocenters. The summed E-state index contributed by atoms with van der Waals surface area (Å²) in [5, 5.41) is 54.3. The lowest BCUT2D eigenvalue weighted by Crippen LogP contribution is -2.55. The number of hydrogen-bond acceptors (Lipinski definition) is 23. The van der Waals surface area contributed by atoms with Gasteiger partial charge in [-0.05, 0) is 107 Å². The maximum Gasteiger partial charge on any atom is 0.530 e. The molecular weight excluding hydrogens is 1620 g/mol. The number of benzene rings is 8. The highest BCUT2D eigenvalue weighted by atomic mass is 31.2. The first-order chi connectivity index (χ1) is 60.9. The fraction of sp³-hybridized carbons (Fsp3) is 0.292. The van der Waals surface area contributed by atoms with Crippen LogP contribution in [0.1, 0.15) is 161 Å². The summed E-state index contributed by atoms with van der Waals surface area (Å²) < 4.78 is 74.6. The van der Waals surface area contributed by atoms with Gasteiger partial charge in [-0.15, -0.1) is 0 Å². The van der Waals surface area contributed by atoms with Gasteiger partial charge >= 0.3 is 7.82 Å². The first kappa shape index (κ1) is 79.6. The number of carbonyl (C=O) groups is 4. The number of para-hydroxylation sites is 2. The first-order valence-corrected chi connectivity index (χ1v) is 44.1. The molecule has 11 N–H and O–H groups in total. The van der Waals surface area contributed by atoms with Crippen molar-refractivity contribution >= 4 is 64.6 Å². The van der Waals surface area contributed by atoms with Gasteiger partial charge in [-0.25, -0.2) is 24.5 Å². The number of anilines is 2. The third kappa shape index (κ3) is 12.3. The van der Waals surface area contributed by atoms with E-state index in [4.69, 9.17) is 60.6 Å². The molecule has 14 heterocycles. The number of fused-ring (bicyclic) bond motifs is 14. The lowest BCUT2D eigenvalue weighted by Gasteiger charge is -2.30. The molecule has 14 aromatic rings. The lowest BCUT2D eigenvalue weighted by atomic mass is 9.72. The molecule has 29 nitrogen and oxygen atoms in total. The molecule has 0 aliphatic carbocycles. The molecule has 0 saturated heterocycles. The molecule has 0 saturated carbocycles. The SMILES string of the molecule is CCC(O)(CC)C(=O)N[C@H]1Cc2ccc3c(c2)C24c5cccc(c5NC2O3)-c2ccc(O)c3[nH]cc(c23)-c2cnc(o2)-c2nc(oc24)[C@H](C(C)C)NC1=O.CCC(O)(CC)C(=O)N[C@H]1Cc2ccc3c(c2)C24c5cccc(c5NC2O3)-c2ccc(OP(=O)(OCc3ccccc3)OCc3ccccc3)c3[nH]cc(c23)-c2cnc(o2)-c2nc(oc24)[C@H](C(C)C)NC1=O. The third-order valence-electron chi connectivity index (χ3n) is 26.3. The van der Waals surface area contributed by atoms with Gasteiger partial charge in [-0.1, -0.05) is 177 Å². The van der Waals surface area contributed by atoms with Crippen molar-refractivity contribution < 1.29 is 79.8 Å². The van der Waals surface area contributed by atoms with Crippen LogP contribution in [0.15, 0.2) is 200 Å². The Hall–Kier alpha value is -13.6. The third-order valence-corrected chi connectivity index (χ3v) is 27.6. The first-order valence-electron chi connectivity index (χ1n) is 42.6. The molecule has 126 heavy (non-hydrogen) atoms. The summed E-state index contributed by atoms with van der Waals surface area (Å²) in [6.07, 6.45) is 6.35. The minimum absolute atomic E-state index is 0.0299. The van der Waals surface area contributed by atoms with E-state index in [0.717, 1.165) is 83.5 Å². The number of hydrogen-bond donors (Lipinski definition) is 11. The van der Waals surface area contributed by atoms with Crippen LogP contribution in [0.3, 0.4) is 0 Å². The molecule has 0 radical (unpaired) electrons. The number of H-pyrrole nitrogens is 2. The Morgan fingerprint density at radius 3 is 1.42 bits per heavy atom. The number of nitrogens with zero attached hydrogens (tertiary/aromatic N) is 4. The molecule has 8 aromatic carbocycles. The highest BCUT2D eigenvalue weighted by Gasteiger charge is 2.64. The number of oxazole rings is 4. The Labute approximate surface area is 721 Å². The predicted molar refractivity (Wildman–Crippen MR) is 464 cm³/mol. The van der Waals surface area contributed by atoms with E-state index >= 15 is 0 Å². The van der Waals surface area contributed by atoms with Gasteiger partial charge < -0.3 is 88.9 Å². The van der Waals surface area contributed by atoms with Gasteiger partial charge in [0.05, 0.1) is 36.6 Å². The number of aromatic amines is 2. The number of aliphatic hydroxyl groups is 2. The molecule has 0 fully saturated rings. The normalized spacial score (nSPS) is 20.4. The Bertz CT molecular complexity index is 6790. The highest BCUT2D eigenvalue weighted by Crippen LogP contribution is 2.65. The largest absolute Gasteiger partial charge is 0.530 e. The molecule has 22 rings (SSSR count). The molecule has 8 aliphatic heterocycles. The van der Waals surface area contributed by atoms with Gasteiger partial charge in [-0.3, -0.25) is 28.2 Å². The van der Waals surface area contributed by atoms with Gasteiger partial charge in [-0.2, -0.15) is 0 Å². The minimum Gasteiger partial charge on any atom is -0.506 e. The number of carbonyl (C=O) groups excluding carboxylic acids is 4. The van der Waals surface area contributed by atoms with E-state index in [2.05, 4.69) is 47.9 Å². The van der Waals surface area contributed by atoms with Crippen molar-refractivity contribution in [2.24, 2.45) is 11.8 Å². The maximum atomic E-state index is 14.8. The van der Waals surface area contributed by atoms with Crippen LogP contribution in [0, 0.1) is 11.8 Å². The van der Waals surface area contributed by atoms with Gasteiger partial charge in [0.25, 0.3) is 11.8 Å². The summed E-state index contributed by atoms with van der Waals surface area (Å²) in [7, 11) is -4.32. The van der Waals surface area contributed by atoms with E-state index in [-0.39, 0.29) is 98.6 Å². The Morgan fingerprint density at radius 1 is 0.524 bits per heavy atom. The van der Waals surface area contributed by atoms with Crippen LogP contribution in [-0.2, 0) is 69.7 Å². The molecule has 4 amide bonds. The molecule has 8 aliphatic rings. The summed E-state index contributed by atoms with van der Waals surface area (Å²) in [5.74, 6) is 1.42. The Kier molecular flexibility index (Phi) is 18.8. The summed E-state index contributed by atoms with van der Waals surface area (Å²) >= 11 is 0. The average molecular weight is 1710 g/mol. The van der Waals surface area contributed by atoms with Gasteiger partial charge in [0.1, 0.15) is 63.4 Å². The van der Waals surface area contributed by atoms with E-state index < -0.39 is 90.1 Å². The zero-order valence-electron chi connectivity index (χ0n) is 69.9. The summed E-state index contributed by atoms with van der Waals surface area (Å²) in [6, 6.07) is 46.1. The number of aromatic hydroxyl groups is 1. The molecule has 640 valence electrons. The predicted octanol–water partition coefficient (Wildman–Crippen LogP) is 16.3. The lowest BCUT2D eigenvalue weighted by molar-refractivity contribution is -0.143. The zero-order valence-corrected chi connectivity index (χ0v) is 70.8. The quantitative estimate of drug-likeness (QED) is 0.0355. The molecule has 20 bridgehead atoms. The van der Waals surface area contributed by atoms with E-state index in [1.54, 1.807) is 64.6 Å². The topological polar surface area (TPSA) is 400 Å². The van der Waals surface area contributed by atoms with Crippen LogP contribution in [0.5, 0.6) is 23.0 Å². The van der Waals surface area contributed by atoms with Crippen molar-refractivity contribution in [2.45, 2.75) is 166 Å². The van der Waals surface area contributed by atoms with Crippen molar-refractivity contribution in [2.75, 3.05) is 10.6 Å². The van der Waals surface area contributed by atoms with E-state index in [0.29, 0.717) is 73.5 Å². The van der Waals surface area contributed by atoms with E-state index in [1.807, 2.05) is 167 Å². The number of phosphoric acid groups is 1. The number of phosphoric ester groups is 1. The van der Waals surface area contributed by atoms with Crippen molar-refractivity contribution in [3.05, 3.63) is 250 Å². The highest BCUT2D eigenvalue weighted by molar-refractivity contribution is 7.48. The van der Waals surface area contributed by atoms with Crippen molar-refractivity contribution in [1.29, 1.82) is 0 Å². The molecule has 2 spiro atoms. The number of nitrogens with one attached hydrogen (secondary N) is 8. The maximum absolute atomic E-state index is 14.8. The fourth-order valence-corrected chi connectivity index (χ4v) is 20.5. The van der Waals surface area contributed by atoms with Crippen LogP contribution in [0.4, 0.5) is 11.4 Å². The monoisotopic (exact) mass is 1710 g/mol. The van der Waals surface area contributed by atoms with Crippen molar-refractivity contribution in [1.82, 2.24) is 51.2 Å². The minimum atomic E-state index is -4.32. The molecule has 6 aromatic heterocycles. The van der Waals surface area contributed by atoms with Gasteiger partial charge in [0.15, 0.2) is 52.6 Å². The summed E-state index contributed by atoms with van der Waals surface area (Å²) in [6.45, 7) is 14.7.